The average molecular weight is 342 g/mol. The molecule has 5 heteroatoms. The van der Waals surface area contributed by atoms with Gasteiger partial charge in [0.15, 0.2) is 11.3 Å². The van der Waals surface area contributed by atoms with Crippen LogP contribution in [-0.4, -0.2) is 33.8 Å². The Morgan fingerprint density at radius 1 is 0.917 bits per heavy atom. The summed E-state index contributed by atoms with van der Waals surface area (Å²) in [7, 11) is 0. The van der Waals surface area contributed by atoms with Crippen molar-refractivity contribution in [2.45, 2.75) is 35.4 Å². The van der Waals surface area contributed by atoms with Crippen molar-refractivity contribution in [2.75, 3.05) is 6.67 Å². The Morgan fingerprint density at radius 2 is 1.46 bits per heavy atom. The summed E-state index contributed by atoms with van der Waals surface area (Å²) in [5.74, 6) is 0. The van der Waals surface area contributed by atoms with Crippen molar-refractivity contribution < 1.29 is 9.62 Å². The number of benzene rings is 2. The van der Waals surface area contributed by atoms with Gasteiger partial charge in [-0.2, -0.15) is 0 Å². The summed E-state index contributed by atoms with van der Waals surface area (Å²) in [6, 6.07) is 20.2. The first kappa shape index (κ1) is 16.1. The maximum atomic E-state index is 13.2. The van der Waals surface area contributed by atoms with Crippen LogP contribution in [0.15, 0.2) is 60.7 Å². The van der Waals surface area contributed by atoms with Gasteiger partial charge >= 0.3 is 0 Å². The Balaban J connectivity index is 1.58. The number of rotatable bonds is 4. The molecule has 2 saturated heterocycles. The summed E-state index contributed by atoms with van der Waals surface area (Å²) >= 11 is -1.01. The molecule has 6 atom stereocenters. The largest absolute Gasteiger partial charge is 0.633 e. The second kappa shape index (κ2) is 6.86. The highest BCUT2D eigenvalue weighted by molar-refractivity contribution is 7.93. The molecule has 0 spiro atoms. The van der Waals surface area contributed by atoms with E-state index in [-0.39, 0.29) is 27.6 Å². The van der Waals surface area contributed by atoms with Crippen LogP contribution in [0.5, 0.6) is 0 Å². The molecule has 0 aromatic heterocycles. The van der Waals surface area contributed by atoms with E-state index in [1.165, 1.54) is 5.56 Å². The van der Waals surface area contributed by atoms with Crippen molar-refractivity contribution in [3.05, 3.63) is 77.0 Å². The molecule has 24 heavy (non-hydrogen) atoms. The van der Waals surface area contributed by atoms with E-state index >= 15 is 0 Å². The zero-order valence-corrected chi connectivity index (χ0v) is 14.2. The highest BCUT2D eigenvalue weighted by Gasteiger charge is 2.59. The van der Waals surface area contributed by atoms with Crippen LogP contribution in [-0.2, 0) is 24.0 Å². The van der Waals surface area contributed by atoms with Crippen molar-refractivity contribution in [1.82, 2.24) is 5.32 Å². The van der Waals surface area contributed by atoms with Gasteiger partial charge in [0.25, 0.3) is 0 Å². The van der Waals surface area contributed by atoms with E-state index in [9.17, 15) is 9.76 Å². The molecule has 2 aliphatic heterocycles. The Morgan fingerprint density at radius 3 is 2.04 bits per heavy atom. The molecule has 2 aromatic carbocycles. The molecule has 2 N–H and O–H groups in total. The summed E-state index contributed by atoms with van der Waals surface area (Å²) in [5, 5.41) is 15.9. The first-order valence-corrected chi connectivity index (χ1v) is 9.75. The molecule has 2 aromatic rings. The fraction of sp³-hybridized carbons (Fsp3) is 0.368. The number of fused-ring (bicyclic) bond motifs is 1. The summed E-state index contributed by atoms with van der Waals surface area (Å²) < 4.78 is 13.2. The number of nitrogens with one attached hydrogen (secondary N) is 2. The molecular weight excluding hydrogens is 320 g/mol. The Kier molecular flexibility index (Phi) is 4.61. The van der Waals surface area contributed by atoms with Gasteiger partial charge in [0.2, 0.25) is 0 Å². The van der Waals surface area contributed by atoms with Crippen molar-refractivity contribution in [3.63, 3.8) is 0 Å². The van der Waals surface area contributed by atoms with E-state index in [4.69, 9.17) is 0 Å². The predicted octanol–water partition coefficient (Wildman–Crippen LogP) is 0.652. The van der Waals surface area contributed by atoms with Crippen LogP contribution in [0.3, 0.4) is 0 Å². The van der Waals surface area contributed by atoms with E-state index < -0.39 is 11.2 Å². The molecule has 0 radical (unpaired) electrons. The number of quaternary nitrogens is 1. The lowest BCUT2D eigenvalue weighted by atomic mass is 9.96. The van der Waals surface area contributed by atoms with Gasteiger partial charge < -0.3 is 14.8 Å². The van der Waals surface area contributed by atoms with Crippen LogP contribution >= 0.6 is 0 Å². The maximum Gasteiger partial charge on any atom is 0.173 e. The van der Waals surface area contributed by atoms with E-state index in [0.29, 0.717) is 13.1 Å². The molecular formula is C19H22N2O2S. The third kappa shape index (κ3) is 2.98. The van der Waals surface area contributed by atoms with Gasteiger partial charge in [0, 0.05) is 12.8 Å². The minimum Gasteiger partial charge on any atom is -0.633 e. The highest BCUT2D eigenvalue weighted by atomic mass is 32.2. The van der Waals surface area contributed by atoms with Crippen molar-refractivity contribution in [3.8, 4) is 0 Å². The van der Waals surface area contributed by atoms with E-state index in [1.807, 2.05) is 36.4 Å². The van der Waals surface area contributed by atoms with E-state index in [2.05, 4.69) is 29.6 Å². The summed E-state index contributed by atoms with van der Waals surface area (Å²) in [4.78, 5) is 0. The minimum atomic E-state index is -1.01. The number of hydrogen-bond acceptors (Lipinski definition) is 3. The zero-order valence-electron chi connectivity index (χ0n) is 13.4. The van der Waals surface area contributed by atoms with Gasteiger partial charge in [0.1, 0.15) is 18.0 Å². The fourth-order valence-electron chi connectivity index (χ4n) is 4.09. The van der Waals surface area contributed by atoms with Crippen LogP contribution in [0.2, 0.25) is 0 Å². The van der Waals surface area contributed by atoms with Gasteiger partial charge in [-0.1, -0.05) is 60.7 Å². The van der Waals surface area contributed by atoms with Crippen LogP contribution in [0.25, 0.3) is 0 Å². The maximum absolute atomic E-state index is 13.2. The molecule has 5 unspecified atom stereocenters. The normalized spacial score (nSPS) is 35.1. The Bertz CT molecular complexity index is 670. The molecule has 4 rings (SSSR count). The molecule has 0 saturated carbocycles. The zero-order chi connectivity index (χ0) is 16.5. The molecule has 0 amide bonds. The fourth-order valence-corrected chi connectivity index (χ4v) is 6.42. The third-order valence-corrected chi connectivity index (χ3v) is 7.34. The monoisotopic (exact) mass is 342 g/mol. The first-order valence-electron chi connectivity index (χ1n) is 8.47. The van der Waals surface area contributed by atoms with Crippen molar-refractivity contribution in [1.29, 1.82) is 0 Å². The first-order chi connectivity index (χ1) is 11.7. The van der Waals surface area contributed by atoms with Gasteiger partial charge in [-0.3, -0.25) is 5.32 Å². The number of hydroxylamine groups is 2. The standard InChI is InChI=1S/C19H22N2O2S/c22-21-13-20-18-16(11-14-7-3-1-4-8-14)24(23)17(19(18)21)12-15-9-5-2-6-10-15/h1-10,16-21H,11-13H2/t16?,17?,18?,19-,24?/m0/s1. The van der Waals surface area contributed by atoms with Crippen LogP contribution in [0, 0.1) is 5.21 Å². The van der Waals surface area contributed by atoms with E-state index in [1.54, 1.807) is 0 Å². The molecule has 2 heterocycles. The molecule has 4 nitrogen and oxygen atoms in total. The lowest BCUT2D eigenvalue weighted by Crippen LogP contribution is -3.11. The molecule has 0 aliphatic carbocycles. The highest BCUT2D eigenvalue weighted by Crippen LogP contribution is 2.33. The van der Waals surface area contributed by atoms with Crippen LogP contribution in [0.1, 0.15) is 11.1 Å². The quantitative estimate of drug-likeness (QED) is 0.634. The molecule has 2 fully saturated rings. The Hall–Kier alpha value is -1.37. The SMILES string of the molecule is [O-][NH+]1CNC2C(Cc3ccccc3)[S+]([O-])C(Cc3ccccc3)[C@@H]21. The summed E-state index contributed by atoms with van der Waals surface area (Å²) in [6.45, 7) is 0.420. The van der Waals surface area contributed by atoms with Gasteiger partial charge in [-0.05, 0) is 22.3 Å². The van der Waals surface area contributed by atoms with Crippen molar-refractivity contribution >= 4 is 11.2 Å². The second-order valence-electron chi connectivity index (χ2n) is 6.68. The molecule has 126 valence electrons. The summed E-state index contributed by atoms with van der Waals surface area (Å²) in [5.41, 5.74) is 2.35. The molecule has 0 bridgehead atoms. The topological polar surface area (TPSA) is 62.6 Å². The van der Waals surface area contributed by atoms with Crippen LogP contribution in [0.4, 0.5) is 0 Å². The lowest BCUT2D eigenvalue weighted by Gasteiger charge is -2.27. The summed E-state index contributed by atoms with van der Waals surface area (Å²) in [6.07, 6.45) is 1.48. The van der Waals surface area contributed by atoms with Gasteiger partial charge in [0.05, 0.1) is 0 Å². The minimum absolute atomic E-state index is 0.0116. The van der Waals surface area contributed by atoms with E-state index in [0.717, 1.165) is 12.0 Å². The van der Waals surface area contributed by atoms with Gasteiger partial charge in [-0.15, -0.1) is 0 Å². The van der Waals surface area contributed by atoms with Gasteiger partial charge in [-0.25, -0.2) is 0 Å². The van der Waals surface area contributed by atoms with Crippen molar-refractivity contribution in [2.24, 2.45) is 0 Å². The lowest BCUT2D eigenvalue weighted by molar-refractivity contribution is -0.861. The third-order valence-electron chi connectivity index (χ3n) is 5.23. The second-order valence-corrected chi connectivity index (χ2v) is 8.55. The Labute approximate surface area is 145 Å². The predicted molar refractivity (Wildman–Crippen MR) is 95.9 cm³/mol. The van der Waals surface area contributed by atoms with Crippen LogP contribution < -0.4 is 10.4 Å². The smallest absolute Gasteiger partial charge is 0.173 e. The number of hydrogen-bond donors (Lipinski definition) is 2. The average Bonchev–Trinajstić information content (AvgIpc) is 3.11. The molecule has 2 aliphatic rings.